The first kappa shape index (κ1) is 13.5. The highest BCUT2D eigenvalue weighted by molar-refractivity contribution is 5.95. The molecule has 0 spiro atoms. The van der Waals surface area contributed by atoms with E-state index < -0.39 is 0 Å². The van der Waals surface area contributed by atoms with Crippen LogP contribution in [0.5, 0.6) is 0 Å². The number of nitrogens with zero attached hydrogens (tertiary/aromatic N) is 1. The number of nitrogens with two attached hydrogens (primary N) is 1. The van der Waals surface area contributed by atoms with Crippen LogP contribution in [0.2, 0.25) is 0 Å². The third kappa shape index (κ3) is 3.46. The van der Waals surface area contributed by atoms with Crippen molar-refractivity contribution in [2.24, 2.45) is 11.8 Å². The third-order valence-electron chi connectivity index (χ3n) is 2.61. The molecule has 0 bridgehead atoms. The van der Waals surface area contributed by atoms with Crippen LogP contribution < -0.4 is 11.3 Å². The number of carbonyl (C=O) groups excluding carboxylic acids is 1. The number of carbonyl (C=O) groups is 1. The minimum atomic E-state index is 0.0553. The Morgan fingerprint density at radius 1 is 1.47 bits per heavy atom. The lowest BCUT2D eigenvalue weighted by atomic mass is 10.1. The minimum Gasteiger partial charge on any atom is -0.341 e. The fraction of sp³-hybridized carbons (Fsp3) is 0.462. The summed E-state index contributed by atoms with van der Waals surface area (Å²) in [6, 6.07) is 5.49. The van der Waals surface area contributed by atoms with E-state index in [2.05, 4.69) is 19.3 Å². The summed E-state index contributed by atoms with van der Waals surface area (Å²) in [5, 5.41) is 0. The van der Waals surface area contributed by atoms with Crippen molar-refractivity contribution in [2.75, 3.05) is 19.0 Å². The molecule has 0 atom stereocenters. The fourth-order valence-corrected chi connectivity index (χ4v) is 1.83. The van der Waals surface area contributed by atoms with Gasteiger partial charge in [0.25, 0.3) is 5.91 Å². The molecule has 1 aromatic carbocycles. The van der Waals surface area contributed by atoms with Crippen molar-refractivity contribution in [3.63, 3.8) is 0 Å². The summed E-state index contributed by atoms with van der Waals surface area (Å²) in [6.07, 6.45) is 0. The van der Waals surface area contributed by atoms with Gasteiger partial charge in [-0.2, -0.15) is 0 Å². The monoisotopic (exact) mass is 235 g/mol. The Labute approximate surface area is 103 Å². The van der Waals surface area contributed by atoms with Gasteiger partial charge >= 0.3 is 0 Å². The molecule has 1 aromatic rings. The van der Waals surface area contributed by atoms with E-state index in [0.29, 0.717) is 5.92 Å². The van der Waals surface area contributed by atoms with Crippen LogP contribution in [0, 0.1) is 12.8 Å². The predicted octanol–water partition coefficient (Wildman–Crippen LogP) is 2.01. The molecule has 0 unspecified atom stereocenters. The van der Waals surface area contributed by atoms with Gasteiger partial charge in [0, 0.05) is 24.8 Å². The van der Waals surface area contributed by atoms with Gasteiger partial charge in [-0.3, -0.25) is 10.6 Å². The Bertz CT molecular complexity index is 402. The molecule has 0 aromatic heterocycles. The van der Waals surface area contributed by atoms with Crippen molar-refractivity contribution in [3.8, 4) is 0 Å². The maximum atomic E-state index is 12.2. The average Bonchev–Trinajstić information content (AvgIpc) is 2.27. The van der Waals surface area contributed by atoms with Crippen LogP contribution in [-0.2, 0) is 0 Å². The second-order valence-electron chi connectivity index (χ2n) is 4.75. The second-order valence-corrected chi connectivity index (χ2v) is 4.75. The molecule has 0 fully saturated rings. The number of rotatable bonds is 4. The van der Waals surface area contributed by atoms with E-state index in [1.54, 1.807) is 4.90 Å². The smallest absolute Gasteiger partial charge is 0.253 e. The first-order valence-electron chi connectivity index (χ1n) is 5.78. The van der Waals surface area contributed by atoms with Gasteiger partial charge in [0.05, 0.1) is 0 Å². The average molecular weight is 235 g/mol. The van der Waals surface area contributed by atoms with Crippen molar-refractivity contribution in [3.05, 3.63) is 29.3 Å². The Balaban J connectivity index is 2.89. The number of benzene rings is 1. The molecule has 0 saturated carbocycles. The predicted molar refractivity (Wildman–Crippen MR) is 70.8 cm³/mol. The maximum absolute atomic E-state index is 12.2. The van der Waals surface area contributed by atoms with Crippen molar-refractivity contribution >= 4 is 11.6 Å². The largest absolute Gasteiger partial charge is 0.341 e. The molecule has 0 aliphatic rings. The molecular formula is C13H21N3O. The maximum Gasteiger partial charge on any atom is 0.253 e. The first-order chi connectivity index (χ1) is 7.95. The van der Waals surface area contributed by atoms with Gasteiger partial charge < -0.3 is 10.3 Å². The van der Waals surface area contributed by atoms with Crippen molar-refractivity contribution < 1.29 is 4.79 Å². The number of hydrazine groups is 1. The lowest BCUT2D eigenvalue weighted by Crippen LogP contribution is -2.30. The van der Waals surface area contributed by atoms with Gasteiger partial charge in [0.2, 0.25) is 0 Å². The number of nitrogens with one attached hydrogen (secondary N) is 1. The Kier molecular flexibility index (Phi) is 4.52. The van der Waals surface area contributed by atoms with E-state index in [4.69, 9.17) is 5.84 Å². The normalized spacial score (nSPS) is 10.5. The molecular weight excluding hydrogens is 214 g/mol. The van der Waals surface area contributed by atoms with Crippen LogP contribution in [0.3, 0.4) is 0 Å². The quantitative estimate of drug-likeness (QED) is 0.620. The number of amides is 1. The first-order valence-corrected chi connectivity index (χ1v) is 5.78. The van der Waals surface area contributed by atoms with Gasteiger partial charge in [-0.25, -0.2) is 0 Å². The van der Waals surface area contributed by atoms with E-state index in [1.807, 2.05) is 32.2 Å². The molecule has 4 nitrogen and oxygen atoms in total. The Hall–Kier alpha value is -1.55. The van der Waals surface area contributed by atoms with Crippen LogP contribution in [0.25, 0.3) is 0 Å². The number of hydrogen-bond donors (Lipinski definition) is 2. The third-order valence-corrected chi connectivity index (χ3v) is 2.61. The number of aryl methyl sites for hydroxylation is 1. The minimum absolute atomic E-state index is 0.0553. The topological polar surface area (TPSA) is 58.4 Å². The molecule has 1 rings (SSSR count). The van der Waals surface area contributed by atoms with E-state index in [1.165, 1.54) is 0 Å². The van der Waals surface area contributed by atoms with Crippen LogP contribution in [0.4, 0.5) is 5.69 Å². The molecule has 0 saturated heterocycles. The fourth-order valence-electron chi connectivity index (χ4n) is 1.83. The van der Waals surface area contributed by atoms with E-state index in [9.17, 15) is 4.79 Å². The Morgan fingerprint density at radius 2 is 2.12 bits per heavy atom. The standard InChI is InChI=1S/C13H21N3O/c1-9(2)8-16(4)13(17)12-6-5-11(15-14)7-10(12)3/h5-7,9,15H,8,14H2,1-4H3. The zero-order chi connectivity index (χ0) is 13.0. The molecule has 0 heterocycles. The van der Waals surface area contributed by atoms with Gasteiger partial charge in [0.15, 0.2) is 0 Å². The molecule has 0 aliphatic heterocycles. The molecule has 94 valence electrons. The molecule has 1 amide bonds. The van der Waals surface area contributed by atoms with Crippen molar-refractivity contribution in [1.29, 1.82) is 0 Å². The van der Waals surface area contributed by atoms with Gasteiger partial charge in [-0.1, -0.05) is 13.8 Å². The summed E-state index contributed by atoms with van der Waals surface area (Å²) in [5.74, 6) is 5.85. The number of hydrogen-bond acceptors (Lipinski definition) is 3. The number of anilines is 1. The summed E-state index contributed by atoms with van der Waals surface area (Å²) in [4.78, 5) is 13.9. The lowest BCUT2D eigenvalue weighted by molar-refractivity contribution is 0.0778. The van der Waals surface area contributed by atoms with Gasteiger partial charge in [-0.05, 0) is 36.6 Å². The Morgan fingerprint density at radius 3 is 2.59 bits per heavy atom. The molecule has 3 N–H and O–H groups in total. The van der Waals surface area contributed by atoms with Crippen LogP contribution in [0.1, 0.15) is 29.8 Å². The van der Waals surface area contributed by atoms with Crippen LogP contribution >= 0.6 is 0 Å². The lowest BCUT2D eigenvalue weighted by Gasteiger charge is -2.20. The van der Waals surface area contributed by atoms with Gasteiger partial charge in [-0.15, -0.1) is 0 Å². The molecule has 0 radical (unpaired) electrons. The van der Waals surface area contributed by atoms with Gasteiger partial charge in [0.1, 0.15) is 0 Å². The van der Waals surface area contributed by atoms with Crippen molar-refractivity contribution in [2.45, 2.75) is 20.8 Å². The second kappa shape index (κ2) is 5.68. The van der Waals surface area contributed by atoms with E-state index >= 15 is 0 Å². The highest BCUT2D eigenvalue weighted by Gasteiger charge is 2.14. The summed E-state index contributed by atoms with van der Waals surface area (Å²) >= 11 is 0. The number of nitrogen functional groups attached to an aromatic ring is 1. The van der Waals surface area contributed by atoms with E-state index in [-0.39, 0.29) is 5.91 Å². The highest BCUT2D eigenvalue weighted by atomic mass is 16.2. The van der Waals surface area contributed by atoms with Crippen LogP contribution in [-0.4, -0.2) is 24.4 Å². The summed E-state index contributed by atoms with van der Waals surface area (Å²) < 4.78 is 0. The highest BCUT2D eigenvalue weighted by Crippen LogP contribution is 2.16. The zero-order valence-electron chi connectivity index (χ0n) is 10.9. The van der Waals surface area contributed by atoms with Crippen molar-refractivity contribution in [1.82, 2.24) is 4.90 Å². The van der Waals surface area contributed by atoms with Crippen LogP contribution in [0.15, 0.2) is 18.2 Å². The zero-order valence-corrected chi connectivity index (χ0v) is 10.9. The molecule has 17 heavy (non-hydrogen) atoms. The summed E-state index contributed by atoms with van der Waals surface area (Å²) in [5.41, 5.74) is 5.04. The van der Waals surface area contributed by atoms with E-state index in [0.717, 1.165) is 23.4 Å². The SMILES string of the molecule is Cc1cc(NN)ccc1C(=O)N(C)CC(C)C. The summed E-state index contributed by atoms with van der Waals surface area (Å²) in [6.45, 7) is 6.86. The summed E-state index contributed by atoms with van der Waals surface area (Å²) in [7, 11) is 1.83. The molecule has 0 aliphatic carbocycles. The molecule has 4 heteroatoms.